The normalized spacial score (nSPS) is 10.2. The van der Waals surface area contributed by atoms with Crippen LogP contribution in [-0.2, 0) is 22.5 Å². The van der Waals surface area contributed by atoms with Gasteiger partial charge in [0.25, 0.3) is 5.91 Å². The van der Waals surface area contributed by atoms with Gasteiger partial charge >= 0.3 is 6.16 Å². The molecule has 33 heavy (non-hydrogen) atoms. The van der Waals surface area contributed by atoms with Gasteiger partial charge in [-0.15, -0.1) is 0 Å². The van der Waals surface area contributed by atoms with Crippen LogP contribution in [0.5, 0.6) is 5.75 Å². The molecule has 0 aliphatic heterocycles. The molecule has 2 N–H and O–H groups in total. The number of hydrogen-bond donors (Lipinski definition) is 2. The van der Waals surface area contributed by atoms with Crippen molar-refractivity contribution in [1.29, 1.82) is 0 Å². The fourth-order valence-corrected chi connectivity index (χ4v) is 3.08. The van der Waals surface area contributed by atoms with Crippen molar-refractivity contribution in [3.8, 4) is 5.75 Å². The minimum absolute atomic E-state index is 0.149. The molecule has 0 fully saturated rings. The van der Waals surface area contributed by atoms with Gasteiger partial charge < -0.3 is 20.1 Å². The lowest BCUT2D eigenvalue weighted by Gasteiger charge is -2.09. The van der Waals surface area contributed by atoms with Crippen molar-refractivity contribution < 1.29 is 23.9 Å². The van der Waals surface area contributed by atoms with Crippen LogP contribution >= 0.6 is 11.6 Å². The number of ether oxygens (including phenoxy) is 2. The van der Waals surface area contributed by atoms with Gasteiger partial charge in [-0.25, -0.2) is 4.79 Å². The first kappa shape index (κ1) is 23.8. The summed E-state index contributed by atoms with van der Waals surface area (Å²) in [6.45, 7) is 2.17. The third kappa shape index (κ3) is 7.66. The van der Waals surface area contributed by atoms with Gasteiger partial charge in [0.2, 0.25) is 5.91 Å². The summed E-state index contributed by atoms with van der Waals surface area (Å²) in [6, 6.07) is 20.5. The van der Waals surface area contributed by atoms with E-state index >= 15 is 0 Å². The van der Waals surface area contributed by atoms with Gasteiger partial charge in [-0.05, 0) is 66.6 Å². The Bertz CT molecular complexity index is 1110. The van der Waals surface area contributed by atoms with Crippen molar-refractivity contribution >= 4 is 35.3 Å². The van der Waals surface area contributed by atoms with Crippen LogP contribution in [-0.4, -0.2) is 24.6 Å². The zero-order valence-electron chi connectivity index (χ0n) is 18.0. The Kier molecular flexibility index (Phi) is 8.43. The second kappa shape index (κ2) is 11.7. The van der Waals surface area contributed by atoms with Gasteiger partial charge in [0, 0.05) is 22.8 Å². The van der Waals surface area contributed by atoms with Crippen molar-refractivity contribution in [2.24, 2.45) is 0 Å². The lowest BCUT2D eigenvalue weighted by Crippen LogP contribution is -2.23. The number of amides is 2. The van der Waals surface area contributed by atoms with Gasteiger partial charge in [-0.2, -0.15) is 0 Å². The third-order valence-corrected chi connectivity index (χ3v) is 4.77. The highest BCUT2D eigenvalue weighted by Crippen LogP contribution is 2.15. The van der Waals surface area contributed by atoms with E-state index in [1.165, 1.54) is 12.1 Å². The van der Waals surface area contributed by atoms with E-state index in [2.05, 4.69) is 10.6 Å². The molecule has 3 rings (SSSR count). The van der Waals surface area contributed by atoms with Crippen LogP contribution in [0.25, 0.3) is 0 Å². The van der Waals surface area contributed by atoms with Crippen LogP contribution in [0.1, 0.15) is 28.4 Å². The highest BCUT2D eigenvalue weighted by atomic mass is 35.5. The molecule has 170 valence electrons. The molecule has 0 aromatic heterocycles. The number of carbonyl (C=O) groups is 3. The van der Waals surface area contributed by atoms with Crippen LogP contribution in [0.3, 0.4) is 0 Å². The Hall–Kier alpha value is -3.84. The Morgan fingerprint density at radius 1 is 0.909 bits per heavy atom. The van der Waals surface area contributed by atoms with E-state index < -0.39 is 6.16 Å². The van der Waals surface area contributed by atoms with Crippen LogP contribution in [0, 0.1) is 0 Å². The molecular weight excluding hydrogens is 444 g/mol. The van der Waals surface area contributed by atoms with Crippen molar-refractivity contribution in [2.75, 3.05) is 11.9 Å². The summed E-state index contributed by atoms with van der Waals surface area (Å²) in [5, 5.41) is 6.30. The van der Waals surface area contributed by atoms with Crippen molar-refractivity contribution in [1.82, 2.24) is 5.32 Å². The predicted molar refractivity (Wildman–Crippen MR) is 125 cm³/mol. The molecule has 0 bridgehead atoms. The van der Waals surface area contributed by atoms with E-state index in [1.807, 2.05) is 18.2 Å². The molecule has 0 heterocycles. The fourth-order valence-electron chi connectivity index (χ4n) is 2.95. The van der Waals surface area contributed by atoms with Gasteiger partial charge in [0.05, 0.1) is 13.0 Å². The summed E-state index contributed by atoms with van der Waals surface area (Å²) in [4.78, 5) is 36.1. The van der Waals surface area contributed by atoms with Crippen LogP contribution in [0.2, 0.25) is 5.02 Å². The second-order valence-corrected chi connectivity index (χ2v) is 7.48. The molecule has 7 nitrogen and oxygen atoms in total. The Morgan fingerprint density at radius 2 is 1.64 bits per heavy atom. The SMILES string of the molecule is CCOC(=O)Oc1ccc(C(=O)NCc2cccc(NC(=O)Cc3ccc(Cl)cc3)c2)cc1. The first-order chi connectivity index (χ1) is 15.9. The number of carbonyl (C=O) groups excluding carboxylic acids is 3. The van der Waals surface area contributed by atoms with E-state index in [9.17, 15) is 14.4 Å². The molecule has 0 radical (unpaired) electrons. The molecule has 0 atom stereocenters. The Morgan fingerprint density at radius 3 is 2.33 bits per heavy atom. The van der Waals surface area contributed by atoms with E-state index in [0.717, 1.165) is 11.1 Å². The smallest absolute Gasteiger partial charge is 0.434 e. The topological polar surface area (TPSA) is 93.7 Å². The predicted octanol–water partition coefficient (Wildman–Crippen LogP) is 4.99. The maximum Gasteiger partial charge on any atom is 0.513 e. The molecule has 3 aromatic carbocycles. The quantitative estimate of drug-likeness (QED) is 0.360. The van der Waals surface area contributed by atoms with Gasteiger partial charge in [-0.1, -0.05) is 35.9 Å². The van der Waals surface area contributed by atoms with Crippen LogP contribution < -0.4 is 15.4 Å². The molecule has 8 heteroatoms. The minimum Gasteiger partial charge on any atom is -0.434 e. The average Bonchev–Trinajstić information content (AvgIpc) is 2.80. The highest BCUT2D eigenvalue weighted by molar-refractivity contribution is 6.30. The van der Waals surface area contributed by atoms with E-state index in [0.29, 0.717) is 16.3 Å². The van der Waals surface area contributed by atoms with Crippen molar-refractivity contribution in [3.63, 3.8) is 0 Å². The first-order valence-electron chi connectivity index (χ1n) is 10.3. The standard InChI is InChI=1S/C25H23ClN2O5/c1-2-32-25(31)33-22-12-8-19(9-13-22)24(30)27-16-18-4-3-5-21(14-18)28-23(29)15-17-6-10-20(26)11-7-17/h3-14H,2,15-16H2,1H3,(H,27,30)(H,28,29). The van der Waals surface area contributed by atoms with Gasteiger partial charge in [0.15, 0.2) is 0 Å². The summed E-state index contributed by atoms with van der Waals surface area (Å²) >= 11 is 5.87. The average molecular weight is 467 g/mol. The number of benzene rings is 3. The Balaban J connectivity index is 1.51. The fraction of sp³-hybridized carbons (Fsp3) is 0.160. The maximum atomic E-state index is 12.4. The molecule has 0 saturated heterocycles. The van der Waals surface area contributed by atoms with Gasteiger partial charge in [-0.3, -0.25) is 9.59 Å². The molecule has 0 aliphatic rings. The zero-order chi connectivity index (χ0) is 23.6. The molecule has 0 spiro atoms. The summed E-state index contributed by atoms with van der Waals surface area (Å²) in [7, 11) is 0. The summed E-state index contributed by atoms with van der Waals surface area (Å²) < 4.78 is 9.68. The molecule has 0 aliphatic carbocycles. The van der Waals surface area contributed by atoms with Crippen LogP contribution in [0.15, 0.2) is 72.8 Å². The summed E-state index contributed by atoms with van der Waals surface area (Å²) in [5.41, 5.74) is 2.74. The molecule has 3 aromatic rings. The van der Waals surface area contributed by atoms with E-state index in [1.54, 1.807) is 49.4 Å². The van der Waals surface area contributed by atoms with E-state index in [4.69, 9.17) is 21.1 Å². The largest absolute Gasteiger partial charge is 0.513 e. The summed E-state index contributed by atoms with van der Waals surface area (Å²) in [6.07, 6.45) is -0.566. The molecular formula is C25H23ClN2O5. The first-order valence-corrected chi connectivity index (χ1v) is 10.7. The van der Waals surface area contributed by atoms with Crippen molar-refractivity contribution in [2.45, 2.75) is 19.9 Å². The Labute approximate surface area is 196 Å². The minimum atomic E-state index is -0.796. The number of hydrogen-bond acceptors (Lipinski definition) is 5. The highest BCUT2D eigenvalue weighted by Gasteiger charge is 2.09. The third-order valence-electron chi connectivity index (χ3n) is 4.52. The molecule has 2 amide bonds. The second-order valence-electron chi connectivity index (χ2n) is 7.04. The van der Waals surface area contributed by atoms with Gasteiger partial charge in [0.1, 0.15) is 5.75 Å². The number of nitrogens with one attached hydrogen (secondary N) is 2. The number of halogens is 1. The van der Waals surface area contributed by atoms with Crippen LogP contribution in [0.4, 0.5) is 10.5 Å². The number of anilines is 1. The van der Waals surface area contributed by atoms with Crippen molar-refractivity contribution in [3.05, 3.63) is 94.5 Å². The molecule has 0 unspecified atom stereocenters. The number of rotatable bonds is 8. The maximum absolute atomic E-state index is 12.4. The lowest BCUT2D eigenvalue weighted by molar-refractivity contribution is -0.115. The molecule has 0 saturated carbocycles. The van der Waals surface area contributed by atoms with E-state index in [-0.39, 0.29) is 37.1 Å². The lowest BCUT2D eigenvalue weighted by atomic mass is 10.1. The monoisotopic (exact) mass is 466 g/mol. The zero-order valence-corrected chi connectivity index (χ0v) is 18.7. The summed E-state index contributed by atoms with van der Waals surface area (Å²) in [5.74, 6) is -0.148.